The first-order valence-corrected chi connectivity index (χ1v) is 9.85. The van der Waals surface area contributed by atoms with Crippen LogP contribution < -0.4 is 4.74 Å². The van der Waals surface area contributed by atoms with Crippen molar-refractivity contribution >= 4 is 68.3 Å². The van der Waals surface area contributed by atoms with Crippen molar-refractivity contribution in [1.82, 2.24) is 5.06 Å². The number of hydrogen-bond acceptors (Lipinski definition) is 6. The lowest BCUT2D eigenvalue weighted by Crippen LogP contribution is -2.32. The minimum absolute atomic E-state index is 0.0364. The van der Waals surface area contributed by atoms with E-state index in [0.717, 1.165) is 0 Å². The van der Waals surface area contributed by atoms with E-state index in [-0.39, 0.29) is 30.0 Å². The second-order valence-electron chi connectivity index (χ2n) is 5.11. The molecule has 12 heteroatoms. The zero-order valence-corrected chi connectivity index (χ0v) is 17.0. The molecular weight excluding hydrogens is 464 g/mol. The first kappa shape index (κ1) is 20.2. The molecule has 3 rings (SSSR count). The molecule has 0 N–H and O–H groups in total. The van der Waals surface area contributed by atoms with E-state index in [4.69, 9.17) is 55.4 Å². The molecule has 0 radical (unpaired) electrons. The fraction of sp³-hybridized carbons (Fsp3) is 0.0667. The molecule has 2 aromatic carbocycles. The summed E-state index contributed by atoms with van der Waals surface area (Å²) in [6.07, 6.45) is 0. The largest absolute Gasteiger partial charge is 0.497 e. The molecule has 0 spiro atoms. The van der Waals surface area contributed by atoms with Gasteiger partial charge in [-0.2, -0.15) is 8.42 Å². The Morgan fingerprint density at radius 2 is 1.26 bits per heavy atom. The van der Waals surface area contributed by atoms with Crippen molar-refractivity contribution in [2.75, 3.05) is 7.11 Å². The lowest BCUT2D eigenvalue weighted by molar-refractivity contribution is -0.0103. The summed E-state index contributed by atoms with van der Waals surface area (Å²) in [5.74, 6) is -1.88. The van der Waals surface area contributed by atoms with Crippen molar-refractivity contribution in [3.8, 4) is 5.75 Å². The van der Waals surface area contributed by atoms with Gasteiger partial charge in [0.05, 0.1) is 43.2 Å². The average Bonchev–Trinajstić information content (AvgIpc) is 2.89. The summed E-state index contributed by atoms with van der Waals surface area (Å²) in [4.78, 5) is 24.7. The third kappa shape index (κ3) is 3.26. The predicted octanol–water partition coefficient (Wildman–Crippen LogP) is 4.23. The van der Waals surface area contributed by atoms with Gasteiger partial charge in [0.25, 0.3) is 11.8 Å². The van der Waals surface area contributed by atoms with Crippen LogP contribution in [0.15, 0.2) is 29.2 Å². The van der Waals surface area contributed by atoms with Crippen LogP contribution in [0.1, 0.15) is 20.7 Å². The molecule has 27 heavy (non-hydrogen) atoms. The maximum atomic E-state index is 12.5. The monoisotopic (exact) mass is 469 g/mol. The molecule has 2 amide bonds. The van der Waals surface area contributed by atoms with Crippen molar-refractivity contribution in [3.05, 3.63) is 55.5 Å². The van der Waals surface area contributed by atoms with Crippen LogP contribution in [-0.4, -0.2) is 32.4 Å². The molecule has 0 aromatic heterocycles. The van der Waals surface area contributed by atoms with E-state index in [1.807, 2.05) is 0 Å². The number of imide groups is 1. The van der Waals surface area contributed by atoms with Crippen molar-refractivity contribution < 1.29 is 27.0 Å². The maximum Gasteiger partial charge on any atom is 0.318 e. The van der Waals surface area contributed by atoms with Gasteiger partial charge in [-0.1, -0.05) is 46.4 Å². The van der Waals surface area contributed by atoms with Gasteiger partial charge in [-0.15, -0.1) is 9.35 Å². The summed E-state index contributed by atoms with van der Waals surface area (Å²) in [6.45, 7) is 0. The van der Waals surface area contributed by atoms with Crippen LogP contribution >= 0.6 is 46.4 Å². The molecule has 0 unspecified atom stereocenters. The standard InChI is InChI=1S/C15H7Cl4NO6S/c1-25-6-2-4-7(5-3-6)27(23,24)26-20-14(21)8-9(15(20)22)11(17)13(19)12(18)10(8)16/h2-5H,1H3. The van der Waals surface area contributed by atoms with Gasteiger partial charge in [0.1, 0.15) is 5.75 Å². The highest BCUT2D eigenvalue weighted by Gasteiger charge is 2.45. The number of carbonyl (C=O) groups is 2. The van der Waals surface area contributed by atoms with Gasteiger partial charge in [-0.05, 0) is 24.3 Å². The van der Waals surface area contributed by atoms with Gasteiger partial charge in [0.15, 0.2) is 0 Å². The molecule has 7 nitrogen and oxygen atoms in total. The molecule has 2 aromatic rings. The molecule has 142 valence electrons. The Balaban J connectivity index is 2.01. The zero-order chi connectivity index (χ0) is 20.1. The second kappa shape index (κ2) is 7.12. The highest BCUT2D eigenvalue weighted by Crippen LogP contribution is 2.45. The normalized spacial score (nSPS) is 13.9. The Morgan fingerprint density at radius 1 is 0.815 bits per heavy atom. The van der Waals surface area contributed by atoms with Crippen LogP contribution in [0.25, 0.3) is 0 Å². The van der Waals surface area contributed by atoms with Crippen molar-refractivity contribution in [1.29, 1.82) is 0 Å². The molecular formula is C15H7Cl4NO6S. The van der Waals surface area contributed by atoms with Crippen LogP contribution in [-0.2, 0) is 14.4 Å². The molecule has 0 saturated carbocycles. The maximum absolute atomic E-state index is 12.5. The number of ether oxygens (including phenoxy) is 1. The average molecular weight is 471 g/mol. The van der Waals surface area contributed by atoms with Crippen LogP contribution in [0.5, 0.6) is 5.75 Å². The fourth-order valence-electron chi connectivity index (χ4n) is 2.28. The van der Waals surface area contributed by atoms with E-state index >= 15 is 0 Å². The Morgan fingerprint density at radius 3 is 1.67 bits per heavy atom. The number of benzene rings is 2. The second-order valence-corrected chi connectivity index (χ2v) is 8.16. The quantitative estimate of drug-likeness (QED) is 0.377. The minimum atomic E-state index is -4.52. The number of halogens is 4. The van der Waals surface area contributed by atoms with E-state index in [0.29, 0.717) is 5.75 Å². The Hall–Kier alpha value is -1.55. The van der Waals surface area contributed by atoms with Gasteiger partial charge in [-0.25, -0.2) is 0 Å². The number of methoxy groups -OCH3 is 1. The summed E-state index contributed by atoms with van der Waals surface area (Å²) in [6, 6.07) is 5.10. The summed E-state index contributed by atoms with van der Waals surface area (Å²) >= 11 is 23.7. The topological polar surface area (TPSA) is 90.0 Å². The number of rotatable bonds is 4. The van der Waals surface area contributed by atoms with E-state index < -0.39 is 33.1 Å². The van der Waals surface area contributed by atoms with Crippen molar-refractivity contribution in [2.24, 2.45) is 0 Å². The molecule has 0 atom stereocenters. The van der Waals surface area contributed by atoms with Crippen LogP contribution in [0.4, 0.5) is 0 Å². The third-order valence-electron chi connectivity index (χ3n) is 3.58. The Bertz CT molecular complexity index is 1040. The van der Waals surface area contributed by atoms with Gasteiger partial charge in [-0.3, -0.25) is 9.59 Å². The molecule has 1 aliphatic rings. The lowest BCUT2D eigenvalue weighted by Gasteiger charge is -2.13. The highest BCUT2D eigenvalue weighted by atomic mass is 35.5. The molecule has 0 bridgehead atoms. The number of carbonyl (C=O) groups excluding carboxylic acids is 2. The van der Waals surface area contributed by atoms with E-state index in [1.54, 1.807) is 0 Å². The van der Waals surface area contributed by atoms with E-state index in [2.05, 4.69) is 0 Å². The molecule has 1 heterocycles. The van der Waals surface area contributed by atoms with Gasteiger partial charge in [0, 0.05) is 0 Å². The molecule has 0 fully saturated rings. The number of hydroxylamine groups is 2. The molecule has 0 saturated heterocycles. The number of hydrogen-bond donors (Lipinski definition) is 0. The van der Waals surface area contributed by atoms with Gasteiger partial charge >= 0.3 is 10.1 Å². The fourth-order valence-corrected chi connectivity index (χ4v) is 4.18. The first-order chi connectivity index (χ1) is 12.6. The first-order valence-electron chi connectivity index (χ1n) is 6.93. The number of fused-ring (bicyclic) bond motifs is 1. The molecule has 1 aliphatic heterocycles. The van der Waals surface area contributed by atoms with E-state index in [1.165, 1.54) is 31.4 Å². The summed E-state index contributed by atoms with van der Waals surface area (Å²) < 4.78 is 34.5. The third-order valence-corrected chi connectivity index (χ3v) is 6.58. The number of nitrogens with zero attached hydrogens (tertiary/aromatic N) is 1. The van der Waals surface area contributed by atoms with Crippen LogP contribution in [0.2, 0.25) is 20.1 Å². The summed E-state index contributed by atoms with van der Waals surface area (Å²) in [5, 5.41) is -1.14. The number of amides is 2. The Labute approximate surface area is 173 Å². The zero-order valence-electron chi connectivity index (χ0n) is 13.1. The lowest BCUT2D eigenvalue weighted by atomic mass is 10.1. The molecule has 0 aliphatic carbocycles. The predicted molar refractivity (Wildman–Crippen MR) is 98.2 cm³/mol. The van der Waals surface area contributed by atoms with E-state index in [9.17, 15) is 18.0 Å². The van der Waals surface area contributed by atoms with Crippen LogP contribution in [0, 0.1) is 0 Å². The highest BCUT2D eigenvalue weighted by molar-refractivity contribution is 7.86. The van der Waals surface area contributed by atoms with Crippen molar-refractivity contribution in [2.45, 2.75) is 4.90 Å². The van der Waals surface area contributed by atoms with Gasteiger partial charge < -0.3 is 4.74 Å². The van der Waals surface area contributed by atoms with Crippen LogP contribution in [0.3, 0.4) is 0 Å². The Kier molecular flexibility index (Phi) is 5.33. The summed E-state index contributed by atoms with van der Waals surface area (Å²) in [7, 11) is -3.12. The summed E-state index contributed by atoms with van der Waals surface area (Å²) in [5.41, 5.74) is -0.794. The smallest absolute Gasteiger partial charge is 0.318 e. The van der Waals surface area contributed by atoms with Crippen molar-refractivity contribution in [3.63, 3.8) is 0 Å². The minimum Gasteiger partial charge on any atom is -0.497 e. The van der Waals surface area contributed by atoms with Gasteiger partial charge in [0.2, 0.25) is 0 Å². The SMILES string of the molecule is COc1ccc(S(=O)(=O)ON2C(=O)c3c(Cl)c(Cl)c(Cl)c(Cl)c3C2=O)cc1.